The van der Waals surface area contributed by atoms with Crippen molar-refractivity contribution < 1.29 is 9.52 Å². The maximum atomic E-state index is 10.1. The van der Waals surface area contributed by atoms with Gasteiger partial charge in [-0.15, -0.1) is 12.4 Å². The molecule has 18 heavy (non-hydrogen) atoms. The highest BCUT2D eigenvalue weighted by atomic mass is 35.5. The Kier molecular flexibility index (Phi) is 5.66. The molecule has 2 aromatic rings. The summed E-state index contributed by atoms with van der Waals surface area (Å²) < 4.78 is 5.67. The lowest BCUT2D eigenvalue weighted by molar-refractivity contribution is 0.148. The standard InChI is InChI=1S/C14H19NO2.ClH/c1-3-8-15-9-13(16)14-12-7-5-4-6-11(12)10(2)17-14;/h4-7,13,15-16H,3,8-9H2,1-2H3;1H. The minimum absolute atomic E-state index is 0. The first-order valence-corrected chi connectivity index (χ1v) is 6.10. The van der Waals surface area contributed by atoms with Crippen LogP contribution in [0.5, 0.6) is 0 Å². The zero-order chi connectivity index (χ0) is 12.3. The molecule has 0 amide bonds. The molecule has 0 aliphatic carbocycles. The molecule has 0 fully saturated rings. The van der Waals surface area contributed by atoms with Crippen LogP contribution < -0.4 is 5.32 Å². The Balaban J connectivity index is 0.00000162. The Hall–Kier alpha value is -1.03. The van der Waals surface area contributed by atoms with Gasteiger partial charge in [-0.25, -0.2) is 0 Å². The summed E-state index contributed by atoms with van der Waals surface area (Å²) in [6.07, 6.45) is 0.477. The second kappa shape index (κ2) is 6.78. The molecule has 1 unspecified atom stereocenters. The summed E-state index contributed by atoms with van der Waals surface area (Å²) in [4.78, 5) is 0. The molecule has 0 saturated heterocycles. The van der Waals surface area contributed by atoms with Crippen LogP contribution in [0, 0.1) is 6.92 Å². The predicted molar refractivity (Wildman–Crippen MR) is 76.3 cm³/mol. The molecule has 1 atom stereocenters. The molecule has 0 radical (unpaired) electrons. The molecule has 4 heteroatoms. The van der Waals surface area contributed by atoms with E-state index in [1.54, 1.807) is 0 Å². The quantitative estimate of drug-likeness (QED) is 0.820. The van der Waals surface area contributed by atoms with Gasteiger partial charge < -0.3 is 14.8 Å². The lowest BCUT2D eigenvalue weighted by Gasteiger charge is -2.09. The third-order valence-electron chi connectivity index (χ3n) is 2.90. The summed E-state index contributed by atoms with van der Waals surface area (Å²) in [7, 11) is 0. The van der Waals surface area contributed by atoms with Crippen molar-refractivity contribution in [1.82, 2.24) is 5.32 Å². The van der Waals surface area contributed by atoms with Crippen molar-refractivity contribution in [2.24, 2.45) is 0 Å². The average Bonchev–Trinajstić information content (AvgIpc) is 2.68. The number of nitrogens with one attached hydrogen (secondary N) is 1. The van der Waals surface area contributed by atoms with Crippen LogP contribution >= 0.6 is 12.4 Å². The van der Waals surface area contributed by atoms with Gasteiger partial charge in [0.2, 0.25) is 0 Å². The van der Waals surface area contributed by atoms with E-state index in [0.717, 1.165) is 29.5 Å². The molecule has 100 valence electrons. The summed E-state index contributed by atoms with van der Waals surface area (Å²) in [5.41, 5.74) is 0. The fourth-order valence-corrected chi connectivity index (χ4v) is 2.04. The van der Waals surface area contributed by atoms with Gasteiger partial charge in [-0.1, -0.05) is 31.2 Å². The molecule has 1 heterocycles. The smallest absolute Gasteiger partial charge is 0.141 e. The third-order valence-corrected chi connectivity index (χ3v) is 2.90. The van der Waals surface area contributed by atoms with Crippen molar-refractivity contribution in [3.05, 3.63) is 35.8 Å². The zero-order valence-corrected chi connectivity index (χ0v) is 11.6. The first kappa shape index (κ1) is 15.0. The summed E-state index contributed by atoms with van der Waals surface area (Å²) in [6, 6.07) is 7.96. The number of benzene rings is 1. The van der Waals surface area contributed by atoms with Gasteiger partial charge in [0.1, 0.15) is 17.6 Å². The molecular weight excluding hydrogens is 250 g/mol. The lowest BCUT2D eigenvalue weighted by Crippen LogP contribution is -2.21. The van der Waals surface area contributed by atoms with Gasteiger partial charge in [0.15, 0.2) is 0 Å². The normalized spacial score (nSPS) is 12.4. The van der Waals surface area contributed by atoms with Crippen LogP contribution in [0.2, 0.25) is 0 Å². The maximum absolute atomic E-state index is 10.1. The van der Waals surface area contributed by atoms with E-state index < -0.39 is 6.10 Å². The predicted octanol–water partition coefficient (Wildman–Crippen LogP) is 3.20. The Morgan fingerprint density at radius 3 is 2.61 bits per heavy atom. The minimum atomic E-state index is -0.583. The topological polar surface area (TPSA) is 45.4 Å². The molecule has 0 bridgehead atoms. The molecule has 1 aromatic carbocycles. The molecule has 1 aromatic heterocycles. The first-order valence-electron chi connectivity index (χ1n) is 6.10. The SMILES string of the molecule is CCCNCC(O)c1oc(C)c2ccccc12.Cl. The number of aryl methyl sites for hydroxylation is 1. The fourth-order valence-electron chi connectivity index (χ4n) is 2.04. The highest BCUT2D eigenvalue weighted by molar-refractivity contribution is 5.87. The molecule has 0 aliphatic rings. The van der Waals surface area contributed by atoms with Crippen molar-refractivity contribution in [2.45, 2.75) is 26.4 Å². The van der Waals surface area contributed by atoms with Gasteiger partial charge in [0.25, 0.3) is 0 Å². The van der Waals surface area contributed by atoms with Gasteiger partial charge in [-0.3, -0.25) is 0 Å². The van der Waals surface area contributed by atoms with Crippen molar-refractivity contribution >= 4 is 23.2 Å². The number of hydrogen-bond acceptors (Lipinski definition) is 3. The van der Waals surface area contributed by atoms with E-state index in [9.17, 15) is 5.11 Å². The first-order chi connectivity index (χ1) is 8.24. The van der Waals surface area contributed by atoms with E-state index in [0.29, 0.717) is 12.3 Å². The molecule has 0 spiro atoms. The van der Waals surface area contributed by atoms with Crippen molar-refractivity contribution in [2.75, 3.05) is 13.1 Å². The van der Waals surface area contributed by atoms with E-state index in [-0.39, 0.29) is 12.4 Å². The maximum Gasteiger partial charge on any atom is 0.141 e. The number of hydrogen-bond donors (Lipinski definition) is 2. The largest absolute Gasteiger partial charge is 0.462 e. The zero-order valence-electron chi connectivity index (χ0n) is 10.8. The van der Waals surface area contributed by atoms with E-state index >= 15 is 0 Å². The fraction of sp³-hybridized carbons (Fsp3) is 0.429. The Bertz CT molecular complexity index is 495. The number of rotatable bonds is 5. The van der Waals surface area contributed by atoms with Crippen LogP contribution in [0.3, 0.4) is 0 Å². The van der Waals surface area contributed by atoms with Crippen molar-refractivity contribution in [1.29, 1.82) is 0 Å². The molecule has 0 aliphatic heterocycles. The molecule has 2 N–H and O–H groups in total. The van der Waals surface area contributed by atoms with Gasteiger partial charge in [-0.2, -0.15) is 0 Å². The Morgan fingerprint density at radius 1 is 1.28 bits per heavy atom. The van der Waals surface area contributed by atoms with Crippen LogP contribution in [-0.2, 0) is 0 Å². The second-order valence-corrected chi connectivity index (χ2v) is 4.29. The Morgan fingerprint density at radius 2 is 1.94 bits per heavy atom. The minimum Gasteiger partial charge on any atom is -0.462 e. The van der Waals surface area contributed by atoms with Crippen LogP contribution in [0.15, 0.2) is 28.7 Å². The summed E-state index contributed by atoms with van der Waals surface area (Å²) >= 11 is 0. The number of fused-ring (bicyclic) bond motifs is 1. The van der Waals surface area contributed by atoms with Crippen LogP contribution in [0.4, 0.5) is 0 Å². The van der Waals surface area contributed by atoms with Gasteiger partial charge in [0.05, 0.1) is 0 Å². The Labute approximate surface area is 114 Å². The van der Waals surface area contributed by atoms with E-state index in [1.807, 2.05) is 31.2 Å². The molecule has 0 saturated carbocycles. The highest BCUT2D eigenvalue weighted by Crippen LogP contribution is 2.29. The molecular formula is C14H20ClNO2. The van der Waals surface area contributed by atoms with Crippen molar-refractivity contribution in [3.8, 4) is 0 Å². The summed E-state index contributed by atoms with van der Waals surface area (Å²) in [5, 5.41) is 15.4. The summed E-state index contributed by atoms with van der Waals surface area (Å²) in [5.74, 6) is 1.53. The number of halogens is 1. The van der Waals surface area contributed by atoms with E-state index in [4.69, 9.17) is 4.42 Å². The van der Waals surface area contributed by atoms with E-state index in [2.05, 4.69) is 12.2 Å². The number of furan rings is 1. The number of aliphatic hydroxyl groups is 1. The van der Waals surface area contributed by atoms with Crippen molar-refractivity contribution in [3.63, 3.8) is 0 Å². The average molecular weight is 270 g/mol. The number of aliphatic hydroxyl groups excluding tert-OH is 1. The molecule has 3 nitrogen and oxygen atoms in total. The highest BCUT2D eigenvalue weighted by Gasteiger charge is 2.16. The third kappa shape index (κ3) is 3.05. The van der Waals surface area contributed by atoms with Crippen LogP contribution in [-0.4, -0.2) is 18.2 Å². The van der Waals surface area contributed by atoms with E-state index in [1.165, 1.54) is 0 Å². The van der Waals surface area contributed by atoms with Crippen LogP contribution in [0.1, 0.15) is 31.0 Å². The van der Waals surface area contributed by atoms with Gasteiger partial charge in [0, 0.05) is 17.3 Å². The second-order valence-electron chi connectivity index (χ2n) is 4.29. The van der Waals surface area contributed by atoms with Crippen LogP contribution in [0.25, 0.3) is 10.8 Å². The molecule has 2 rings (SSSR count). The monoisotopic (exact) mass is 269 g/mol. The van der Waals surface area contributed by atoms with Gasteiger partial charge >= 0.3 is 0 Å². The van der Waals surface area contributed by atoms with Gasteiger partial charge in [-0.05, 0) is 19.9 Å². The lowest BCUT2D eigenvalue weighted by atomic mass is 10.1. The summed E-state index contributed by atoms with van der Waals surface area (Å²) in [6.45, 7) is 5.48.